The number of nitrogens with one attached hydrogen (secondary N) is 1. The van der Waals surface area contributed by atoms with E-state index < -0.39 is 0 Å². The molecule has 1 unspecified atom stereocenters. The molecule has 0 aromatic rings. The average molecular weight is 254 g/mol. The first-order valence-electron chi connectivity index (χ1n) is 7.79. The van der Waals surface area contributed by atoms with Crippen molar-refractivity contribution in [1.29, 1.82) is 0 Å². The highest BCUT2D eigenvalue weighted by atomic mass is 16.5. The van der Waals surface area contributed by atoms with Gasteiger partial charge in [-0.1, -0.05) is 13.8 Å². The van der Waals surface area contributed by atoms with Gasteiger partial charge in [0, 0.05) is 19.2 Å². The van der Waals surface area contributed by atoms with Crippen molar-refractivity contribution in [3.8, 4) is 0 Å². The summed E-state index contributed by atoms with van der Waals surface area (Å²) < 4.78 is 5.67. The summed E-state index contributed by atoms with van der Waals surface area (Å²) in [5, 5.41) is 3.66. The van der Waals surface area contributed by atoms with E-state index in [0.717, 1.165) is 31.7 Å². The van der Waals surface area contributed by atoms with Crippen LogP contribution in [0.5, 0.6) is 0 Å². The maximum absolute atomic E-state index is 5.67. The van der Waals surface area contributed by atoms with Gasteiger partial charge in [0.1, 0.15) is 0 Å². The quantitative estimate of drug-likeness (QED) is 0.735. The largest absolute Gasteiger partial charge is 0.380 e. The van der Waals surface area contributed by atoms with Crippen LogP contribution in [-0.4, -0.2) is 50.3 Å². The minimum absolute atomic E-state index is 0.657. The third kappa shape index (κ3) is 4.52. The molecule has 3 heteroatoms. The molecule has 106 valence electrons. The summed E-state index contributed by atoms with van der Waals surface area (Å²) >= 11 is 0. The minimum Gasteiger partial charge on any atom is -0.380 e. The lowest BCUT2D eigenvalue weighted by Crippen LogP contribution is -2.41. The Morgan fingerprint density at radius 3 is 2.61 bits per heavy atom. The molecule has 1 atom stereocenters. The number of piperidine rings is 1. The van der Waals surface area contributed by atoms with Gasteiger partial charge in [-0.25, -0.2) is 0 Å². The van der Waals surface area contributed by atoms with Gasteiger partial charge in [-0.2, -0.15) is 0 Å². The van der Waals surface area contributed by atoms with Crippen LogP contribution < -0.4 is 5.32 Å². The van der Waals surface area contributed by atoms with E-state index in [4.69, 9.17) is 4.74 Å². The number of rotatable bonds is 6. The smallest absolute Gasteiger partial charge is 0.0593 e. The van der Waals surface area contributed by atoms with Crippen molar-refractivity contribution in [2.45, 2.75) is 45.6 Å². The van der Waals surface area contributed by atoms with Gasteiger partial charge in [-0.05, 0) is 57.2 Å². The van der Waals surface area contributed by atoms with E-state index in [2.05, 4.69) is 24.1 Å². The standard InChI is InChI=1S/C15H30N2O/c1-13(2)12-18-11-10-17-8-5-14(6-9-17)15-4-3-7-16-15/h13-16H,3-12H2,1-2H3. The van der Waals surface area contributed by atoms with Gasteiger partial charge < -0.3 is 15.0 Å². The Kier molecular flexibility index (Phi) is 5.93. The Morgan fingerprint density at radius 2 is 2.00 bits per heavy atom. The first-order chi connectivity index (χ1) is 8.75. The Balaban J connectivity index is 1.55. The van der Waals surface area contributed by atoms with Crippen molar-refractivity contribution in [3.05, 3.63) is 0 Å². The lowest BCUT2D eigenvalue weighted by molar-refractivity contribution is 0.0711. The topological polar surface area (TPSA) is 24.5 Å². The van der Waals surface area contributed by atoms with Crippen molar-refractivity contribution in [2.24, 2.45) is 11.8 Å². The van der Waals surface area contributed by atoms with Crippen LogP contribution in [-0.2, 0) is 4.74 Å². The Hall–Kier alpha value is -0.120. The minimum atomic E-state index is 0.657. The molecule has 0 aromatic carbocycles. The molecule has 0 spiro atoms. The van der Waals surface area contributed by atoms with Crippen LogP contribution in [0.1, 0.15) is 39.5 Å². The molecule has 2 fully saturated rings. The molecule has 0 aromatic heterocycles. The van der Waals surface area contributed by atoms with Gasteiger partial charge in [0.25, 0.3) is 0 Å². The van der Waals surface area contributed by atoms with Crippen molar-refractivity contribution >= 4 is 0 Å². The zero-order valence-corrected chi connectivity index (χ0v) is 12.2. The number of nitrogens with zero attached hydrogens (tertiary/aromatic N) is 1. The molecule has 0 bridgehead atoms. The molecule has 2 heterocycles. The highest BCUT2D eigenvalue weighted by molar-refractivity contribution is 4.85. The molecule has 3 nitrogen and oxygen atoms in total. The summed E-state index contributed by atoms with van der Waals surface area (Å²) in [7, 11) is 0. The van der Waals surface area contributed by atoms with Gasteiger partial charge in [0.2, 0.25) is 0 Å². The fourth-order valence-corrected chi connectivity index (χ4v) is 3.21. The number of hydrogen-bond acceptors (Lipinski definition) is 3. The lowest BCUT2D eigenvalue weighted by atomic mass is 9.88. The normalized spacial score (nSPS) is 27.2. The molecule has 2 aliphatic rings. The van der Waals surface area contributed by atoms with E-state index >= 15 is 0 Å². The highest BCUT2D eigenvalue weighted by Crippen LogP contribution is 2.25. The molecule has 0 aliphatic carbocycles. The zero-order chi connectivity index (χ0) is 12.8. The van der Waals surface area contributed by atoms with Crippen LogP contribution in [0.25, 0.3) is 0 Å². The van der Waals surface area contributed by atoms with Crippen molar-refractivity contribution < 1.29 is 4.74 Å². The Morgan fingerprint density at radius 1 is 1.22 bits per heavy atom. The predicted octanol–water partition coefficient (Wildman–Crippen LogP) is 2.12. The van der Waals surface area contributed by atoms with E-state index in [-0.39, 0.29) is 0 Å². The summed E-state index contributed by atoms with van der Waals surface area (Å²) in [6.07, 6.45) is 5.54. The molecular formula is C15H30N2O. The first kappa shape index (κ1) is 14.3. The Labute approximate surface area is 112 Å². The molecule has 0 amide bonds. The van der Waals surface area contributed by atoms with Crippen LogP contribution in [0.3, 0.4) is 0 Å². The molecule has 0 radical (unpaired) electrons. The van der Waals surface area contributed by atoms with Crippen LogP contribution in [0, 0.1) is 11.8 Å². The summed E-state index contributed by atoms with van der Waals surface area (Å²) in [6, 6.07) is 0.823. The highest BCUT2D eigenvalue weighted by Gasteiger charge is 2.27. The molecule has 1 N–H and O–H groups in total. The molecule has 2 rings (SSSR count). The second-order valence-corrected chi connectivity index (χ2v) is 6.35. The number of ether oxygens (including phenoxy) is 1. The fraction of sp³-hybridized carbons (Fsp3) is 1.00. The van der Waals surface area contributed by atoms with Gasteiger partial charge in [-0.15, -0.1) is 0 Å². The Bertz CT molecular complexity index is 219. The van der Waals surface area contributed by atoms with Gasteiger partial charge in [0.15, 0.2) is 0 Å². The third-order valence-electron chi connectivity index (χ3n) is 4.30. The van der Waals surface area contributed by atoms with E-state index in [0.29, 0.717) is 5.92 Å². The predicted molar refractivity (Wildman–Crippen MR) is 75.8 cm³/mol. The SMILES string of the molecule is CC(C)COCCN1CCC(C2CCCN2)CC1. The lowest BCUT2D eigenvalue weighted by Gasteiger charge is -2.34. The van der Waals surface area contributed by atoms with E-state index in [9.17, 15) is 0 Å². The van der Waals surface area contributed by atoms with Crippen LogP contribution in [0.4, 0.5) is 0 Å². The van der Waals surface area contributed by atoms with Crippen LogP contribution in [0.2, 0.25) is 0 Å². The molecular weight excluding hydrogens is 224 g/mol. The molecule has 2 saturated heterocycles. The second kappa shape index (κ2) is 7.46. The van der Waals surface area contributed by atoms with Crippen LogP contribution in [0.15, 0.2) is 0 Å². The van der Waals surface area contributed by atoms with Crippen molar-refractivity contribution in [2.75, 3.05) is 39.4 Å². The summed E-state index contributed by atoms with van der Waals surface area (Å²) in [5.41, 5.74) is 0. The van der Waals surface area contributed by atoms with Gasteiger partial charge in [-0.3, -0.25) is 0 Å². The van der Waals surface area contributed by atoms with Gasteiger partial charge >= 0.3 is 0 Å². The first-order valence-corrected chi connectivity index (χ1v) is 7.79. The maximum Gasteiger partial charge on any atom is 0.0593 e. The molecule has 2 aliphatic heterocycles. The van der Waals surface area contributed by atoms with E-state index in [1.54, 1.807) is 0 Å². The second-order valence-electron chi connectivity index (χ2n) is 6.35. The van der Waals surface area contributed by atoms with Crippen molar-refractivity contribution in [3.63, 3.8) is 0 Å². The van der Waals surface area contributed by atoms with E-state index in [1.807, 2.05) is 0 Å². The van der Waals surface area contributed by atoms with E-state index in [1.165, 1.54) is 45.3 Å². The fourth-order valence-electron chi connectivity index (χ4n) is 3.21. The third-order valence-corrected chi connectivity index (χ3v) is 4.30. The maximum atomic E-state index is 5.67. The number of likely N-dealkylation sites (tertiary alicyclic amines) is 1. The van der Waals surface area contributed by atoms with Gasteiger partial charge in [0.05, 0.1) is 6.61 Å². The zero-order valence-electron chi connectivity index (χ0n) is 12.2. The van der Waals surface area contributed by atoms with Crippen molar-refractivity contribution in [1.82, 2.24) is 10.2 Å². The van der Waals surface area contributed by atoms with Crippen LogP contribution >= 0.6 is 0 Å². The summed E-state index contributed by atoms with van der Waals surface area (Å²) in [4.78, 5) is 2.58. The molecule has 18 heavy (non-hydrogen) atoms. The monoisotopic (exact) mass is 254 g/mol. The summed E-state index contributed by atoms with van der Waals surface area (Å²) in [5.74, 6) is 1.59. The molecule has 0 saturated carbocycles. The summed E-state index contributed by atoms with van der Waals surface area (Å²) in [6.45, 7) is 11.1. The average Bonchev–Trinajstić information content (AvgIpc) is 2.89. The number of hydrogen-bond donors (Lipinski definition) is 1.